The highest BCUT2D eigenvalue weighted by Crippen LogP contribution is 2.15. The third-order valence-electron chi connectivity index (χ3n) is 2.62. The van der Waals surface area contributed by atoms with E-state index >= 15 is 0 Å². The number of carbonyl (C=O) groups is 1. The number of rotatable bonds is 3. The topological polar surface area (TPSA) is 81.4 Å². The van der Waals surface area contributed by atoms with E-state index in [1.807, 2.05) is 0 Å². The maximum Gasteiger partial charge on any atom is 0.360 e. The number of hydrogen-bond donors (Lipinski definition) is 1. The van der Waals surface area contributed by atoms with E-state index in [1.165, 1.54) is 18.0 Å². The summed E-state index contributed by atoms with van der Waals surface area (Å²) in [7, 11) is 1.53. The second-order valence-corrected chi connectivity index (χ2v) is 3.94. The zero-order valence-electron chi connectivity index (χ0n) is 10.5. The summed E-state index contributed by atoms with van der Waals surface area (Å²) >= 11 is 0. The first-order valence-corrected chi connectivity index (χ1v) is 5.51. The van der Waals surface area contributed by atoms with Crippen LogP contribution in [0.15, 0.2) is 35.3 Å². The fourth-order valence-electron chi connectivity index (χ4n) is 1.64. The van der Waals surface area contributed by atoms with Gasteiger partial charge in [0.1, 0.15) is 5.75 Å². The molecule has 19 heavy (non-hydrogen) atoms. The molecule has 1 aromatic heterocycles. The van der Waals surface area contributed by atoms with Gasteiger partial charge in [0.15, 0.2) is 0 Å². The Kier molecular flexibility index (Phi) is 3.33. The molecule has 98 valence electrons. The van der Waals surface area contributed by atoms with Crippen molar-refractivity contribution >= 4 is 5.97 Å². The summed E-state index contributed by atoms with van der Waals surface area (Å²) in [5, 5.41) is 12.8. The highest BCUT2D eigenvalue weighted by atomic mass is 16.5. The van der Waals surface area contributed by atoms with Gasteiger partial charge in [0.25, 0.3) is 0 Å². The molecule has 0 spiro atoms. The van der Waals surface area contributed by atoms with E-state index in [-0.39, 0.29) is 0 Å². The van der Waals surface area contributed by atoms with Crippen molar-refractivity contribution in [1.29, 1.82) is 0 Å². The number of methoxy groups -OCH3 is 1. The lowest BCUT2D eigenvalue weighted by Gasteiger charge is -2.08. The van der Waals surface area contributed by atoms with Crippen LogP contribution in [-0.2, 0) is 0 Å². The molecule has 2 aromatic rings. The summed E-state index contributed by atoms with van der Waals surface area (Å²) in [4.78, 5) is 22.6. The minimum atomic E-state index is -1.34. The maximum atomic E-state index is 11.6. The van der Waals surface area contributed by atoms with Crippen molar-refractivity contribution < 1.29 is 14.6 Å². The molecule has 0 aliphatic rings. The molecule has 0 amide bonds. The molecule has 0 radical (unpaired) electrons. The molecule has 2 rings (SSSR count). The first kappa shape index (κ1) is 12.8. The minimum absolute atomic E-state index is 0.315. The van der Waals surface area contributed by atoms with Crippen molar-refractivity contribution in [2.75, 3.05) is 7.11 Å². The predicted octanol–water partition coefficient (Wildman–Crippen LogP) is 1.25. The normalized spacial score (nSPS) is 10.2. The Bertz CT molecular complexity index is 691. The van der Waals surface area contributed by atoms with Gasteiger partial charge in [0.05, 0.1) is 12.8 Å². The average Bonchev–Trinajstić information content (AvgIpc) is 2.41. The molecule has 1 aromatic carbocycles. The van der Waals surface area contributed by atoms with Gasteiger partial charge in [-0.1, -0.05) is 6.07 Å². The second-order valence-electron chi connectivity index (χ2n) is 3.94. The average molecular weight is 260 g/mol. The molecule has 6 nitrogen and oxygen atoms in total. The highest BCUT2D eigenvalue weighted by molar-refractivity contribution is 5.85. The molecule has 0 saturated carbocycles. The first-order chi connectivity index (χ1) is 9.02. The van der Waals surface area contributed by atoms with Crippen LogP contribution in [-0.4, -0.2) is 28.0 Å². The molecular weight excluding hydrogens is 248 g/mol. The van der Waals surface area contributed by atoms with Crippen LogP contribution in [0.25, 0.3) is 5.69 Å². The van der Waals surface area contributed by atoms with E-state index < -0.39 is 17.1 Å². The van der Waals surface area contributed by atoms with Crippen LogP contribution in [0.5, 0.6) is 5.75 Å². The van der Waals surface area contributed by atoms with E-state index in [0.29, 0.717) is 17.0 Å². The molecule has 0 aliphatic carbocycles. The number of benzene rings is 1. The van der Waals surface area contributed by atoms with Crippen LogP contribution in [0, 0.1) is 6.92 Å². The Labute approximate surface area is 108 Å². The molecule has 1 heterocycles. The molecule has 0 saturated heterocycles. The maximum absolute atomic E-state index is 11.6. The van der Waals surface area contributed by atoms with Gasteiger partial charge in [-0.2, -0.15) is 5.10 Å². The number of nitrogens with zero attached hydrogens (tertiary/aromatic N) is 2. The van der Waals surface area contributed by atoms with E-state index in [9.17, 15) is 9.59 Å². The molecule has 1 N–H and O–H groups in total. The summed E-state index contributed by atoms with van der Waals surface area (Å²) < 4.78 is 6.44. The molecule has 0 aliphatic heterocycles. The summed E-state index contributed by atoms with van der Waals surface area (Å²) in [6.07, 6.45) is 1.49. The molecule has 0 atom stereocenters. The fraction of sp³-hybridized carbons (Fsp3) is 0.154. The molecule has 6 heteroatoms. The smallest absolute Gasteiger partial charge is 0.360 e. The van der Waals surface area contributed by atoms with Crippen LogP contribution in [0.4, 0.5) is 0 Å². The first-order valence-electron chi connectivity index (χ1n) is 5.51. The largest absolute Gasteiger partial charge is 0.497 e. The zero-order chi connectivity index (χ0) is 14.0. The predicted molar refractivity (Wildman–Crippen MR) is 68.1 cm³/mol. The van der Waals surface area contributed by atoms with Crippen LogP contribution >= 0.6 is 0 Å². The van der Waals surface area contributed by atoms with E-state index in [1.54, 1.807) is 31.2 Å². The second kappa shape index (κ2) is 4.93. The Morgan fingerprint density at radius 1 is 1.42 bits per heavy atom. The number of aromatic carboxylic acids is 1. The zero-order valence-corrected chi connectivity index (χ0v) is 10.5. The summed E-state index contributed by atoms with van der Waals surface area (Å²) in [6.45, 7) is 1.55. The summed E-state index contributed by atoms with van der Waals surface area (Å²) in [6, 6.07) is 6.95. The summed E-state index contributed by atoms with van der Waals surface area (Å²) in [5.41, 5.74) is -0.144. The number of hydrogen-bond acceptors (Lipinski definition) is 4. The van der Waals surface area contributed by atoms with Crippen molar-refractivity contribution in [2.45, 2.75) is 6.92 Å². The van der Waals surface area contributed by atoms with E-state index in [2.05, 4.69) is 5.10 Å². The quantitative estimate of drug-likeness (QED) is 0.898. The lowest BCUT2D eigenvalue weighted by atomic mass is 10.2. The van der Waals surface area contributed by atoms with Crippen molar-refractivity contribution in [3.63, 3.8) is 0 Å². The monoisotopic (exact) mass is 260 g/mol. The lowest BCUT2D eigenvalue weighted by Crippen LogP contribution is -2.23. The van der Waals surface area contributed by atoms with Crippen LogP contribution in [0.3, 0.4) is 0 Å². The molecule has 0 fully saturated rings. The van der Waals surface area contributed by atoms with Crippen molar-refractivity contribution in [2.24, 2.45) is 0 Å². The lowest BCUT2D eigenvalue weighted by molar-refractivity contribution is 0.0686. The molecular formula is C13H12N2O4. The molecule has 0 bridgehead atoms. The van der Waals surface area contributed by atoms with Gasteiger partial charge in [0, 0.05) is 17.8 Å². The number of ether oxygens (including phenoxy) is 1. The van der Waals surface area contributed by atoms with Crippen molar-refractivity contribution in [3.05, 3.63) is 51.9 Å². The van der Waals surface area contributed by atoms with Crippen LogP contribution < -0.4 is 10.2 Å². The third-order valence-corrected chi connectivity index (χ3v) is 2.62. The van der Waals surface area contributed by atoms with Crippen LogP contribution in [0.1, 0.15) is 16.1 Å². The van der Waals surface area contributed by atoms with Gasteiger partial charge in [-0.15, -0.1) is 0 Å². The van der Waals surface area contributed by atoms with Gasteiger partial charge in [-0.05, 0) is 19.1 Å². The van der Waals surface area contributed by atoms with Gasteiger partial charge in [-0.3, -0.25) is 4.79 Å². The van der Waals surface area contributed by atoms with Crippen molar-refractivity contribution in [3.8, 4) is 11.4 Å². The number of carboxylic acid groups (broad SMARTS) is 1. The SMILES string of the molecule is COc1cccc(-n2cc(C)c(=O)c(C(=O)O)n2)c1. The Morgan fingerprint density at radius 3 is 2.79 bits per heavy atom. The number of aromatic nitrogens is 2. The van der Waals surface area contributed by atoms with E-state index in [4.69, 9.17) is 9.84 Å². The van der Waals surface area contributed by atoms with Gasteiger partial charge in [-0.25, -0.2) is 9.48 Å². The Morgan fingerprint density at radius 2 is 2.16 bits per heavy atom. The Balaban J connectivity index is 2.62. The summed E-state index contributed by atoms with van der Waals surface area (Å²) in [5.74, 6) is -0.724. The van der Waals surface area contributed by atoms with Gasteiger partial charge >= 0.3 is 5.97 Å². The fourth-order valence-corrected chi connectivity index (χ4v) is 1.64. The minimum Gasteiger partial charge on any atom is -0.497 e. The standard InChI is InChI=1S/C13H12N2O4/c1-8-7-15(14-11(12(8)16)13(17)18)9-4-3-5-10(6-9)19-2/h3-7H,1-2H3,(H,17,18). The van der Waals surface area contributed by atoms with Crippen molar-refractivity contribution in [1.82, 2.24) is 9.78 Å². The van der Waals surface area contributed by atoms with E-state index in [0.717, 1.165) is 0 Å². The third kappa shape index (κ3) is 2.47. The highest BCUT2D eigenvalue weighted by Gasteiger charge is 2.14. The number of aryl methyl sites for hydroxylation is 1. The molecule has 0 unspecified atom stereocenters. The Hall–Kier alpha value is -2.63. The van der Waals surface area contributed by atoms with Gasteiger partial charge < -0.3 is 9.84 Å². The van der Waals surface area contributed by atoms with Gasteiger partial charge in [0.2, 0.25) is 11.1 Å². The van der Waals surface area contributed by atoms with Crippen LogP contribution in [0.2, 0.25) is 0 Å². The number of carboxylic acids is 1.